The summed E-state index contributed by atoms with van der Waals surface area (Å²) in [4.78, 5) is 11.3. The van der Waals surface area contributed by atoms with Gasteiger partial charge in [-0.25, -0.2) is 9.97 Å². The van der Waals surface area contributed by atoms with Crippen molar-refractivity contribution in [1.82, 2.24) is 9.97 Å². The van der Waals surface area contributed by atoms with Crippen molar-refractivity contribution in [2.75, 3.05) is 0 Å². The van der Waals surface area contributed by atoms with Gasteiger partial charge in [0.15, 0.2) is 17.3 Å². The van der Waals surface area contributed by atoms with E-state index in [-0.39, 0.29) is 17.4 Å². The molecular weight excluding hydrogens is 342 g/mol. The summed E-state index contributed by atoms with van der Waals surface area (Å²) < 4.78 is 29.2. The summed E-state index contributed by atoms with van der Waals surface area (Å²) in [6.45, 7) is 1.61. The van der Waals surface area contributed by atoms with Crippen molar-refractivity contribution in [2.24, 2.45) is 10.7 Å². The predicted octanol–water partition coefficient (Wildman–Crippen LogP) is -0.768. The summed E-state index contributed by atoms with van der Waals surface area (Å²) in [5, 5.41) is 20.2. The molecule has 0 atom stereocenters. The predicted molar refractivity (Wildman–Crippen MR) is 93.3 cm³/mol. The highest BCUT2D eigenvalue weighted by Gasteiger charge is 2.41. The Morgan fingerprint density at radius 1 is 1.23 bits per heavy atom. The van der Waals surface area contributed by atoms with Gasteiger partial charge in [-0.05, 0) is 11.1 Å². The second kappa shape index (κ2) is 7.60. The summed E-state index contributed by atoms with van der Waals surface area (Å²) in [7, 11) is 0. The standard InChI is InChI=1S/C17H16F2N6O/c1-10(20)5-6-14(21)25-16(22)17(18,19)12-4-2-3-11(7-12)15-23-8-13(26)9-24-15/h2-9,20,26H,1H3,(H3,21,22,25)/p+2/b6-5-,20-10?. The first-order chi connectivity index (χ1) is 12.2. The van der Waals surface area contributed by atoms with Crippen LogP contribution >= 0.6 is 0 Å². The molecule has 1 heterocycles. The third-order valence-corrected chi connectivity index (χ3v) is 3.21. The van der Waals surface area contributed by atoms with Crippen LogP contribution in [0.1, 0.15) is 12.5 Å². The Hall–Kier alpha value is -3.49. The number of aliphatic imine (C=N–C) groups is 1. The van der Waals surface area contributed by atoms with E-state index in [0.717, 1.165) is 0 Å². The zero-order chi connectivity index (χ0) is 19.3. The molecule has 134 valence electrons. The van der Waals surface area contributed by atoms with Crippen LogP contribution in [0.3, 0.4) is 0 Å². The van der Waals surface area contributed by atoms with Gasteiger partial charge >= 0.3 is 11.8 Å². The van der Waals surface area contributed by atoms with Gasteiger partial charge in [-0.1, -0.05) is 18.2 Å². The summed E-state index contributed by atoms with van der Waals surface area (Å²) >= 11 is 0. The van der Waals surface area contributed by atoms with E-state index in [1.807, 2.05) is 0 Å². The molecular formula is C17H18F2N6O+2. The molecule has 0 unspecified atom stereocenters. The number of amidine groups is 2. The van der Waals surface area contributed by atoms with Gasteiger partial charge in [-0.15, -0.1) is 0 Å². The number of allylic oxidation sites excluding steroid dienone is 1. The molecule has 2 rings (SSSR count). The maximum absolute atomic E-state index is 14.6. The molecule has 1 aromatic carbocycles. The molecule has 0 amide bonds. The molecule has 0 aliphatic carbocycles. The fourth-order valence-corrected chi connectivity index (χ4v) is 1.94. The van der Waals surface area contributed by atoms with Crippen LogP contribution in [-0.4, -0.2) is 32.5 Å². The number of aromatic hydroxyl groups is 1. The monoisotopic (exact) mass is 360 g/mol. The quantitative estimate of drug-likeness (QED) is 0.411. The highest BCUT2D eigenvalue weighted by molar-refractivity contribution is 6.04. The normalized spacial score (nSPS) is 12.3. The van der Waals surface area contributed by atoms with Gasteiger partial charge in [0.1, 0.15) is 0 Å². The van der Waals surface area contributed by atoms with Gasteiger partial charge in [0.2, 0.25) is 0 Å². The minimum Gasteiger partial charge on any atom is -0.505 e. The molecule has 0 aliphatic rings. The van der Waals surface area contributed by atoms with Crippen molar-refractivity contribution in [1.29, 1.82) is 0 Å². The summed E-state index contributed by atoms with van der Waals surface area (Å²) in [6.07, 6.45) is 5.04. The van der Waals surface area contributed by atoms with E-state index in [4.69, 9.17) is 16.6 Å². The molecule has 1 aromatic heterocycles. The number of hydrogen-bond donors (Lipinski definition) is 4. The number of nitrogens with two attached hydrogens (primary N) is 3. The lowest BCUT2D eigenvalue weighted by Crippen LogP contribution is -2.42. The van der Waals surface area contributed by atoms with E-state index in [1.54, 1.807) is 13.0 Å². The van der Waals surface area contributed by atoms with Gasteiger partial charge in [0, 0.05) is 30.2 Å². The molecule has 26 heavy (non-hydrogen) atoms. The Balaban J connectivity index is 2.33. The van der Waals surface area contributed by atoms with Crippen LogP contribution in [-0.2, 0) is 5.92 Å². The number of alkyl halides is 2. The first kappa shape index (κ1) is 18.8. The molecule has 2 aromatic rings. The summed E-state index contributed by atoms with van der Waals surface area (Å²) in [5.41, 5.74) is 5.84. The molecule has 0 saturated carbocycles. The molecule has 0 radical (unpaired) electrons. The van der Waals surface area contributed by atoms with Crippen LogP contribution < -0.4 is 16.6 Å². The molecule has 0 bridgehead atoms. The van der Waals surface area contributed by atoms with Crippen LogP contribution in [0.5, 0.6) is 5.75 Å². The number of aromatic nitrogens is 2. The van der Waals surface area contributed by atoms with Crippen LogP contribution in [0.25, 0.3) is 11.4 Å². The van der Waals surface area contributed by atoms with E-state index in [0.29, 0.717) is 11.3 Å². The molecule has 7 nitrogen and oxygen atoms in total. The van der Waals surface area contributed by atoms with Crippen molar-refractivity contribution in [3.8, 4) is 17.1 Å². The Bertz CT molecular complexity index is 890. The number of hydrogen-bond acceptors (Lipinski definition) is 3. The molecule has 9 heteroatoms. The summed E-state index contributed by atoms with van der Waals surface area (Å²) in [5.74, 6) is -4.68. The van der Waals surface area contributed by atoms with Gasteiger partial charge in [-0.2, -0.15) is 8.78 Å². The van der Waals surface area contributed by atoms with Crippen LogP contribution in [0.4, 0.5) is 8.78 Å². The molecule has 7 N–H and O–H groups in total. The van der Waals surface area contributed by atoms with E-state index in [2.05, 4.69) is 15.0 Å². The average molecular weight is 360 g/mol. The largest absolute Gasteiger partial charge is 0.505 e. The van der Waals surface area contributed by atoms with Crippen molar-refractivity contribution in [2.45, 2.75) is 12.8 Å². The van der Waals surface area contributed by atoms with Gasteiger partial charge in [-0.3, -0.25) is 10.8 Å². The summed E-state index contributed by atoms with van der Waals surface area (Å²) in [6, 6.07) is 5.37. The molecule has 0 aliphatic heterocycles. The molecule has 0 fully saturated rings. The van der Waals surface area contributed by atoms with Crippen LogP contribution in [0.15, 0.2) is 53.8 Å². The SMILES string of the molecule is CC(=[NH2+])/C=C\C(=[NH2+])N=C(N)C(F)(F)c1cccc(-c2ncc(O)cn2)c1. The third-order valence-electron chi connectivity index (χ3n) is 3.21. The number of halogens is 2. The minimum absolute atomic E-state index is 0.129. The lowest BCUT2D eigenvalue weighted by molar-refractivity contribution is -0.115. The van der Waals surface area contributed by atoms with Crippen molar-refractivity contribution >= 4 is 17.4 Å². The zero-order valence-corrected chi connectivity index (χ0v) is 13.9. The third kappa shape index (κ3) is 4.53. The van der Waals surface area contributed by atoms with E-state index >= 15 is 0 Å². The fraction of sp³-hybridized carbons (Fsp3) is 0.118. The second-order valence-electron chi connectivity index (χ2n) is 5.42. The average Bonchev–Trinajstić information content (AvgIpc) is 2.60. The van der Waals surface area contributed by atoms with Gasteiger partial charge in [0.05, 0.1) is 12.4 Å². The Morgan fingerprint density at radius 2 is 1.88 bits per heavy atom. The highest BCUT2D eigenvalue weighted by atomic mass is 19.3. The first-order valence-corrected chi connectivity index (χ1v) is 7.44. The Kier molecular flexibility index (Phi) is 5.51. The van der Waals surface area contributed by atoms with Crippen LogP contribution in [0.2, 0.25) is 0 Å². The van der Waals surface area contributed by atoms with Crippen molar-refractivity contribution < 1.29 is 24.7 Å². The maximum Gasteiger partial charge on any atom is 0.353 e. The minimum atomic E-state index is -3.56. The topological polar surface area (TPSA) is 136 Å². The Morgan fingerprint density at radius 3 is 2.50 bits per heavy atom. The lowest BCUT2D eigenvalue weighted by Gasteiger charge is -2.13. The number of nitrogens with zero attached hydrogens (tertiary/aromatic N) is 3. The smallest absolute Gasteiger partial charge is 0.353 e. The van der Waals surface area contributed by atoms with Gasteiger partial charge < -0.3 is 10.8 Å². The maximum atomic E-state index is 14.6. The fourth-order valence-electron chi connectivity index (χ4n) is 1.94. The van der Waals surface area contributed by atoms with E-state index < -0.39 is 17.3 Å². The second-order valence-corrected chi connectivity index (χ2v) is 5.42. The lowest BCUT2D eigenvalue weighted by atomic mass is 10.0. The van der Waals surface area contributed by atoms with Crippen molar-refractivity contribution in [3.63, 3.8) is 0 Å². The van der Waals surface area contributed by atoms with Gasteiger partial charge in [0.25, 0.3) is 5.84 Å². The first-order valence-electron chi connectivity index (χ1n) is 7.44. The Labute approximate surface area is 148 Å². The van der Waals surface area contributed by atoms with Crippen LogP contribution in [0, 0.1) is 0 Å². The number of benzene rings is 1. The van der Waals surface area contributed by atoms with E-state index in [9.17, 15) is 13.9 Å². The number of rotatable bonds is 5. The van der Waals surface area contributed by atoms with Crippen molar-refractivity contribution in [3.05, 3.63) is 54.4 Å². The zero-order valence-electron chi connectivity index (χ0n) is 13.9. The molecule has 0 saturated heterocycles. The highest BCUT2D eigenvalue weighted by Crippen LogP contribution is 2.30. The van der Waals surface area contributed by atoms with E-state index in [1.165, 1.54) is 42.7 Å². The molecule has 0 spiro atoms.